The van der Waals surface area contributed by atoms with E-state index < -0.39 is 17.8 Å². The van der Waals surface area contributed by atoms with E-state index in [4.69, 9.17) is 20.4 Å². The standard InChI is InChI=1S/C21H23N3O7/c1-2-30-19(27)11-31-13-4-6-14(17(25)7-13)18(26)10-24-8-12-3-5-15(21(22)23-29)20(28)16(12)9-24/h3-8,15-16,25,29H,2,9-11H2,1H3,(H2,22,23). The van der Waals surface area contributed by atoms with Crippen molar-refractivity contribution in [3.63, 3.8) is 0 Å². The molecule has 0 radical (unpaired) electrons. The fourth-order valence-electron chi connectivity index (χ4n) is 3.49. The van der Waals surface area contributed by atoms with Crippen molar-refractivity contribution in [3.05, 3.63) is 47.7 Å². The van der Waals surface area contributed by atoms with Crippen molar-refractivity contribution in [2.45, 2.75) is 6.92 Å². The molecule has 1 aromatic carbocycles. The Morgan fingerprint density at radius 3 is 2.81 bits per heavy atom. The van der Waals surface area contributed by atoms with Gasteiger partial charge in [-0.1, -0.05) is 17.3 Å². The van der Waals surface area contributed by atoms with Crippen LogP contribution in [-0.4, -0.2) is 64.9 Å². The number of benzene rings is 1. The first kappa shape index (κ1) is 21.9. The lowest BCUT2D eigenvalue weighted by atomic mass is 9.83. The van der Waals surface area contributed by atoms with Crippen LogP contribution in [0.5, 0.6) is 11.5 Å². The number of fused-ring (bicyclic) bond motifs is 1. The van der Waals surface area contributed by atoms with Crippen molar-refractivity contribution in [2.24, 2.45) is 22.7 Å². The third-order valence-electron chi connectivity index (χ3n) is 4.99. The van der Waals surface area contributed by atoms with Crippen molar-refractivity contribution >= 4 is 23.4 Å². The van der Waals surface area contributed by atoms with Gasteiger partial charge >= 0.3 is 5.97 Å². The molecule has 0 fully saturated rings. The van der Waals surface area contributed by atoms with Crippen molar-refractivity contribution in [1.29, 1.82) is 0 Å². The molecule has 0 saturated heterocycles. The molecule has 1 aliphatic carbocycles. The van der Waals surface area contributed by atoms with Crippen molar-refractivity contribution in [2.75, 3.05) is 26.3 Å². The molecule has 10 heteroatoms. The van der Waals surface area contributed by atoms with Crippen LogP contribution in [0.15, 0.2) is 47.3 Å². The number of oxime groups is 1. The third-order valence-corrected chi connectivity index (χ3v) is 4.99. The van der Waals surface area contributed by atoms with E-state index in [0.717, 1.165) is 5.57 Å². The number of Topliss-reactive ketones (excluding diaryl/α,β-unsaturated/α-hetero) is 2. The number of phenols is 1. The van der Waals surface area contributed by atoms with Crippen LogP contribution >= 0.6 is 0 Å². The average molecular weight is 429 g/mol. The zero-order valence-electron chi connectivity index (χ0n) is 16.9. The van der Waals surface area contributed by atoms with E-state index in [-0.39, 0.29) is 60.8 Å². The normalized spacial score (nSPS) is 20.3. The quantitative estimate of drug-likeness (QED) is 0.136. The van der Waals surface area contributed by atoms with E-state index >= 15 is 0 Å². The monoisotopic (exact) mass is 429 g/mol. The molecule has 2 unspecified atom stereocenters. The fourth-order valence-corrected chi connectivity index (χ4v) is 3.49. The summed E-state index contributed by atoms with van der Waals surface area (Å²) in [4.78, 5) is 38.3. The summed E-state index contributed by atoms with van der Waals surface area (Å²) in [7, 11) is 0. The Kier molecular flexibility index (Phi) is 6.58. The molecule has 0 amide bonds. The summed E-state index contributed by atoms with van der Waals surface area (Å²) in [5.41, 5.74) is 6.40. The Balaban J connectivity index is 1.62. The zero-order valence-corrected chi connectivity index (χ0v) is 16.9. The Bertz CT molecular complexity index is 983. The Labute approximate surface area is 178 Å². The topological polar surface area (TPSA) is 152 Å². The Morgan fingerprint density at radius 1 is 1.35 bits per heavy atom. The highest BCUT2D eigenvalue weighted by molar-refractivity contribution is 6.08. The van der Waals surface area contributed by atoms with Gasteiger partial charge in [-0.2, -0.15) is 0 Å². The van der Waals surface area contributed by atoms with Gasteiger partial charge in [-0.05, 0) is 24.6 Å². The maximum absolute atomic E-state index is 12.7. The van der Waals surface area contributed by atoms with Crippen LogP contribution in [0.4, 0.5) is 0 Å². The number of amidine groups is 1. The summed E-state index contributed by atoms with van der Waals surface area (Å²) >= 11 is 0. The molecule has 1 heterocycles. The summed E-state index contributed by atoms with van der Waals surface area (Å²) in [5.74, 6) is -2.60. The number of nitrogens with zero attached hydrogens (tertiary/aromatic N) is 2. The fraction of sp³-hybridized carbons (Fsp3) is 0.333. The number of esters is 1. The van der Waals surface area contributed by atoms with Crippen molar-refractivity contribution in [1.82, 2.24) is 4.90 Å². The second kappa shape index (κ2) is 9.33. The molecule has 3 rings (SSSR count). The number of aromatic hydroxyl groups is 1. The van der Waals surface area contributed by atoms with Crippen LogP contribution < -0.4 is 10.5 Å². The van der Waals surface area contributed by atoms with E-state index in [1.165, 1.54) is 18.2 Å². The summed E-state index contributed by atoms with van der Waals surface area (Å²) < 4.78 is 9.99. The lowest BCUT2D eigenvalue weighted by Crippen LogP contribution is -2.38. The van der Waals surface area contributed by atoms with E-state index in [0.29, 0.717) is 0 Å². The average Bonchev–Trinajstić information content (AvgIpc) is 3.15. The molecule has 164 valence electrons. The molecule has 31 heavy (non-hydrogen) atoms. The van der Waals surface area contributed by atoms with Gasteiger partial charge in [0.2, 0.25) is 0 Å². The van der Waals surface area contributed by atoms with Gasteiger partial charge in [-0.15, -0.1) is 0 Å². The van der Waals surface area contributed by atoms with Crippen LogP contribution in [0.2, 0.25) is 0 Å². The molecule has 0 aromatic heterocycles. The molecule has 10 nitrogen and oxygen atoms in total. The molecule has 1 aliphatic heterocycles. The van der Waals surface area contributed by atoms with E-state index in [1.807, 2.05) is 0 Å². The number of ketones is 2. The predicted octanol–water partition coefficient (Wildman–Crippen LogP) is 0.834. The van der Waals surface area contributed by atoms with Crippen LogP contribution in [-0.2, 0) is 14.3 Å². The maximum Gasteiger partial charge on any atom is 0.344 e. The molecule has 2 atom stereocenters. The first-order valence-electron chi connectivity index (χ1n) is 9.63. The highest BCUT2D eigenvalue weighted by atomic mass is 16.6. The molecule has 1 aromatic rings. The van der Waals surface area contributed by atoms with Gasteiger partial charge in [0, 0.05) is 18.8 Å². The smallest absolute Gasteiger partial charge is 0.344 e. The first-order valence-corrected chi connectivity index (χ1v) is 9.63. The number of rotatable bonds is 8. The van der Waals surface area contributed by atoms with Gasteiger partial charge in [-0.3, -0.25) is 9.59 Å². The maximum atomic E-state index is 12.7. The van der Waals surface area contributed by atoms with Gasteiger partial charge in [0.05, 0.1) is 30.6 Å². The molecular formula is C21H23N3O7. The Hall–Kier alpha value is -3.82. The molecular weight excluding hydrogens is 406 g/mol. The van der Waals surface area contributed by atoms with E-state index in [9.17, 15) is 19.5 Å². The predicted molar refractivity (Wildman–Crippen MR) is 109 cm³/mol. The largest absolute Gasteiger partial charge is 0.507 e. The third kappa shape index (κ3) is 4.85. The molecule has 0 bridgehead atoms. The minimum atomic E-state index is -0.797. The number of carbonyl (C=O) groups is 3. The van der Waals surface area contributed by atoms with Gasteiger partial charge < -0.3 is 30.4 Å². The van der Waals surface area contributed by atoms with Crippen LogP contribution in [0.1, 0.15) is 17.3 Å². The SMILES string of the molecule is CCOC(=O)COc1ccc(C(=O)CN2C=C3C=CC(C(N)=NO)C(=O)C3C2)c(O)c1. The number of hydrogen-bond acceptors (Lipinski definition) is 9. The molecule has 4 N–H and O–H groups in total. The zero-order chi connectivity index (χ0) is 22.5. The number of hydrogen-bond donors (Lipinski definition) is 3. The van der Waals surface area contributed by atoms with Crippen LogP contribution in [0.25, 0.3) is 0 Å². The van der Waals surface area contributed by atoms with Gasteiger partial charge in [0.15, 0.2) is 24.0 Å². The van der Waals surface area contributed by atoms with Gasteiger partial charge in [-0.25, -0.2) is 4.79 Å². The first-order chi connectivity index (χ1) is 14.8. The summed E-state index contributed by atoms with van der Waals surface area (Å²) in [5, 5.41) is 21.9. The molecule has 2 aliphatic rings. The summed E-state index contributed by atoms with van der Waals surface area (Å²) in [6, 6.07) is 4.14. The van der Waals surface area contributed by atoms with Crippen molar-refractivity contribution < 1.29 is 34.2 Å². The second-order valence-corrected chi connectivity index (χ2v) is 7.07. The number of carbonyl (C=O) groups excluding carboxylic acids is 3. The molecule has 0 saturated carbocycles. The number of phenolic OH excluding ortho intramolecular Hbond substituents is 1. The highest BCUT2D eigenvalue weighted by Crippen LogP contribution is 2.32. The molecule has 0 spiro atoms. The number of allylic oxidation sites excluding steroid dienone is 1. The lowest BCUT2D eigenvalue weighted by Gasteiger charge is -2.22. The van der Waals surface area contributed by atoms with E-state index in [1.54, 1.807) is 30.2 Å². The number of ether oxygens (including phenoxy) is 2. The van der Waals surface area contributed by atoms with Crippen LogP contribution in [0, 0.1) is 11.8 Å². The lowest BCUT2D eigenvalue weighted by molar-refractivity contribution is -0.145. The number of nitrogens with two attached hydrogens (primary N) is 1. The van der Waals surface area contributed by atoms with E-state index in [2.05, 4.69) is 5.16 Å². The van der Waals surface area contributed by atoms with Crippen LogP contribution in [0.3, 0.4) is 0 Å². The second-order valence-electron chi connectivity index (χ2n) is 7.07. The highest BCUT2D eigenvalue weighted by Gasteiger charge is 2.38. The van der Waals surface area contributed by atoms with Gasteiger partial charge in [0.25, 0.3) is 0 Å². The minimum absolute atomic E-state index is 0.0497. The summed E-state index contributed by atoms with van der Waals surface area (Å²) in [6.07, 6.45) is 5.01. The Morgan fingerprint density at radius 2 is 2.13 bits per heavy atom. The van der Waals surface area contributed by atoms with Crippen molar-refractivity contribution in [3.8, 4) is 11.5 Å². The van der Waals surface area contributed by atoms with Gasteiger partial charge in [0.1, 0.15) is 11.5 Å². The minimum Gasteiger partial charge on any atom is -0.507 e. The summed E-state index contributed by atoms with van der Waals surface area (Å²) in [6.45, 7) is 1.84.